The lowest BCUT2D eigenvalue weighted by Gasteiger charge is -2.27. The third-order valence-electron chi connectivity index (χ3n) is 3.89. The number of para-hydroxylation sites is 1. The molecule has 0 aromatic heterocycles. The Hall–Kier alpha value is -2.24. The van der Waals surface area contributed by atoms with Gasteiger partial charge >= 0.3 is 6.03 Å². The van der Waals surface area contributed by atoms with Crippen molar-refractivity contribution in [1.29, 1.82) is 0 Å². The Bertz CT molecular complexity index is 524. The van der Waals surface area contributed by atoms with E-state index in [4.69, 9.17) is 10.9 Å². The van der Waals surface area contributed by atoms with Gasteiger partial charge in [-0.1, -0.05) is 36.6 Å². The largest absolute Gasteiger partial charge is 0.409 e. The number of amides is 2. The molecular weight excluding hydrogens is 268 g/mol. The summed E-state index contributed by atoms with van der Waals surface area (Å²) in [5, 5.41) is 14.9. The second kappa shape index (κ2) is 6.97. The predicted octanol–water partition coefficient (Wildman–Crippen LogP) is 2.26. The van der Waals surface area contributed by atoms with E-state index >= 15 is 0 Å². The van der Waals surface area contributed by atoms with Gasteiger partial charge in [0.05, 0.1) is 5.69 Å². The molecule has 0 bridgehead atoms. The first-order valence-corrected chi connectivity index (χ1v) is 7.24. The fraction of sp³-hybridized carbons (Fsp3) is 0.467. The fourth-order valence-corrected chi connectivity index (χ4v) is 2.66. The van der Waals surface area contributed by atoms with E-state index in [0.29, 0.717) is 11.3 Å². The van der Waals surface area contributed by atoms with Crippen LogP contribution in [0.4, 0.5) is 10.5 Å². The number of nitrogens with one attached hydrogen (secondary N) is 1. The molecule has 6 nitrogen and oxygen atoms in total. The minimum absolute atomic E-state index is 0.0112. The monoisotopic (exact) mass is 290 g/mol. The van der Waals surface area contributed by atoms with Crippen LogP contribution in [0.15, 0.2) is 29.4 Å². The van der Waals surface area contributed by atoms with Gasteiger partial charge in [0.2, 0.25) is 0 Å². The van der Waals surface area contributed by atoms with Crippen molar-refractivity contribution in [3.8, 4) is 0 Å². The maximum absolute atomic E-state index is 12.3. The molecule has 0 spiro atoms. The summed E-state index contributed by atoms with van der Waals surface area (Å²) < 4.78 is 0. The second-order valence-corrected chi connectivity index (χ2v) is 5.35. The highest BCUT2D eigenvalue weighted by atomic mass is 16.4. The number of nitrogens with two attached hydrogens (primary N) is 1. The van der Waals surface area contributed by atoms with Gasteiger partial charge in [-0.15, -0.1) is 0 Å². The molecule has 1 aliphatic carbocycles. The molecule has 0 heterocycles. The van der Waals surface area contributed by atoms with Crippen LogP contribution in [0.3, 0.4) is 0 Å². The third kappa shape index (κ3) is 3.65. The highest BCUT2D eigenvalue weighted by Crippen LogP contribution is 2.21. The number of anilines is 1. The van der Waals surface area contributed by atoms with Crippen molar-refractivity contribution < 1.29 is 10.0 Å². The van der Waals surface area contributed by atoms with Crippen LogP contribution in [0.5, 0.6) is 0 Å². The van der Waals surface area contributed by atoms with Gasteiger partial charge < -0.3 is 16.3 Å². The van der Waals surface area contributed by atoms with Crippen molar-refractivity contribution in [3.63, 3.8) is 0 Å². The van der Waals surface area contributed by atoms with Gasteiger partial charge in [0.25, 0.3) is 0 Å². The standard InChI is InChI=1S/C15H22N4O2/c1-19(15(20)17-11-7-3-2-4-8-11)13-10-6-5-9-12(13)14(16)18-21/h5-6,9-11,21H,2-4,7-8H2,1H3,(H2,16,18)(H,17,20). The summed E-state index contributed by atoms with van der Waals surface area (Å²) >= 11 is 0. The van der Waals surface area contributed by atoms with Gasteiger partial charge in [0.1, 0.15) is 0 Å². The number of hydrogen-bond acceptors (Lipinski definition) is 3. The molecule has 0 radical (unpaired) electrons. The number of hydrogen-bond donors (Lipinski definition) is 3. The average Bonchev–Trinajstić information content (AvgIpc) is 2.54. The molecule has 6 heteroatoms. The lowest BCUT2D eigenvalue weighted by Crippen LogP contribution is -2.44. The van der Waals surface area contributed by atoms with Crippen LogP contribution in [0.25, 0.3) is 0 Å². The smallest absolute Gasteiger partial charge is 0.321 e. The quantitative estimate of drug-likeness (QED) is 0.345. The Balaban J connectivity index is 2.11. The van der Waals surface area contributed by atoms with E-state index in [9.17, 15) is 4.79 Å². The second-order valence-electron chi connectivity index (χ2n) is 5.35. The van der Waals surface area contributed by atoms with E-state index in [1.807, 2.05) is 6.07 Å². The van der Waals surface area contributed by atoms with Crippen LogP contribution in [0.1, 0.15) is 37.7 Å². The van der Waals surface area contributed by atoms with E-state index in [0.717, 1.165) is 25.7 Å². The number of benzene rings is 1. The van der Waals surface area contributed by atoms with Crippen molar-refractivity contribution in [2.24, 2.45) is 10.9 Å². The highest BCUT2D eigenvalue weighted by Gasteiger charge is 2.20. The van der Waals surface area contributed by atoms with E-state index in [1.165, 1.54) is 11.3 Å². The van der Waals surface area contributed by atoms with Crippen molar-refractivity contribution in [2.45, 2.75) is 38.1 Å². The zero-order valence-electron chi connectivity index (χ0n) is 12.2. The topological polar surface area (TPSA) is 91.0 Å². The van der Waals surface area contributed by atoms with Gasteiger partial charge in [-0.05, 0) is 25.0 Å². The zero-order chi connectivity index (χ0) is 15.2. The minimum Gasteiger partial charge on any atom is -0.409 e. The number of carbonyl (C=O) groups excluding carboxylic acids is 1. The molecule has 114 valence electrons. The lowest BCUT2D eigenvalue weighted by atomic mass is 9.96. The summed E-state index contributed by atoms with van der Waals surface area (Å²) in [5.74, 6) is -0.0112. The van der Waals surface area contributed by atoms with Crippen LogP contribution in [-0.4, -0.2) is 30.2 Å². The third-order valence-corrected chi connectivity index (χ3v) is 3.89. The molecule has 0 unspecified atom stereocenters. The molecule has 0 aliphatic heterocycles. The first kappa shape index (κ1) is 15.2. The Morgan fingerprint density at radius 2 is 2.00 bits per heavy atom. The predicted molar refractivity (Wildman–Crippen MR) is 82.8 cm³/mol. The van der Waals surface area contributed by atoms with Gasteiger partial charge in [-0.25, -0.2) is 4.79 Å². The molecule has 1 saturated carbocycles. The summed E-state index contributed by atoms with van der Waals surface area (Å²) in [5.41, 5.74) is 6.80. The van der Waals surface area contributed by atoms with Crippen molar-refractivity contribution in [1.82, 2.24) is 5.32 Å². The lowest BCUT2D eigenvalue weighted by molar-refractivity contribution is 0.239. The molecular formula is C15H22N4O2. The van der Waals surface area contributed by atoms with Gasteiger partial charge in [0, 0.05) is 18.7 Å². The normalized spacial score (nSPS) is 16.5. The Morgan fingerprint density at radius 3 is 2.67 bits per heavy atom. The van der Waals surface area contributed by atoms with Gasteiger partial charge in [-0.3, -0.25) is 4.90 Å². The Labute approximate surface area is 124 Å². The van der Waals surface area contributed by atoms with Gasteiger partial charge in [0.15, 0.2) is 5.84 Å². The summed E-state index contributed by atoms with van der Waals surface area (Å²) in [6.45, 7) is 0. The van der Waals surface area contributed by atoms with Gasteiger partial charge in [-0.2, -0.15) is 0 Å². The van der Waals surface area contributed by atoms with Crippen molar-refractivity contribution in [3.05, 3.63) is 29.8 Å². The van der Waals surface area contributed by atoms with Crippen LogP contribution in [-0.2, 0) is 0 Å². The maximum Gasteiger partial charge on any atom is 0.321 e. The minimum atomic E-state index is -0.167. The summed E-state index contributed by atoms with van der Waals surface area (Å²) in [6.07, 6.45) is 5.63. The maximum atomic E-state index is 12.3. The molecule has 1 aliphatic rings. The number of carbonyl (C=O) groups is 1. The van der Waals surface area contributed by atoms with E-state index < -0.39 is 0 Å². The summed E-state index contributed by atoms with van der Waals surface area (Å²) in [6, 6.07) is 7.16. The average molecular weight is 290 g/mol. The number of oxime groups is 1. The molecule has 0 atom stereocenters. The van der Waals surface area contributed by atoms with Crippen LogP contribution in [0, 0.1) is 0 Å². The molecule has 1 fully saturated rings. The Kier molecular flexibility index (Phi) is 5.03. The first-order valence-electron chi connectivity index (χ1n) is 7.24. The van der Waals surface area contributed by atoms with Crippen LogP contribution in [0.2, 0.25) is 0 Å². The number of urea groups is 1. The van der Waals surface area contributed by atoms with E-state index in [-0.39, 0.29) is 17.9 Å². The number of amidine groups is 1. The Morgan fingerprint density at radius 1 is 1.33 bits per heavy atom. The van der Waals surface area contributed by atoms with E-state index in [1.54, 1.807) is 25.2 Å². The fourth-order valence-electron chi connectivity index (χ4n) is 2.66. The molecule has 1 aromatic carbocycles. The number of rotatable bonds is 3. The van der Waals surface area contributed by atoms with Crippen molar-refractivity contribution >= 4 is 17.6 Å². The summed E-state index contributed by atoms with van der Waals surface area (Å²) in [7, 11) is 1.68. The molecule has 21 heavy (non-hydrogen) atoms. The van der Waals surface area contributed by atoms with Crippen LogP contribution >= 0.6 is 0 Å². The molecule has 1 aromatic rings. The van der Waals surface area contributed by atoms with Crippen LogP contribution < -0.4 is 16.0 Å². The molecule has 4 N–H and O–H groups in total. The first-order chi connectivity index (χ1) is 10.1. The zero-order valence-corrected chi connectivity index (χ0v) is 12.2. The molecule has 0 saturated heterocycles. The SMILES string of the molecule is CN(C(=O)NC1CCCCC1)c1ccccc1/C(N)=N/O. The number of nitrogens with zero attached hydrogens (tertiary/aromatic N) is 2. The van der Waals surface area contributed by atoms with Crippen molar-refractivity contribution in [2.75, 3.05) is 11.9 Å². The molecule has 2 rings (SSSR count). The molecule has 2 amide bonds. The van der Waals surface area contributed by atoms with E-state index in [2.05, 4.69) is 10.5 Å². The highest BCUT2D eigenvalue weighted by molar-refractivity contribution is 6.05. The summed E-state index contributed by atoms with van der Waals surface area (Å²) in [4.78, 5) is 13.8.